The number of hydrogen-bond donors (Lipinski definition) is 0. The first-order valence-corrected chi connectivity index (χ1v) is 6.12. The lowest BCUT2D eigenvalue weighted by Crippen LogP contribution is -2.26. The van der Waals surface area contributed by atoms with Crippen molar-refractivity contribution in [2.75, 3.05) is 13.1 Å². The summed E-state index contributed by atoms with van der Waals surface area (Å²) in [4.78, 5) is 13.1. The Morgan fingerprint density at radius 3 is 1.87 bits per heavy atom. The molecule has 15 heavy (non-hydrogen) atoms. The molecule has 1 aliphatic heterocycles. The lowest BCUT2D eigenvalue weighted by atomic mass is 10.0. The van der Waals surface area contributed by atoms with Crippen molar-refractivity contribution >= 4 is 5.91 Å². The second-order valence-electron chi connectivity index (χ2n) is 5.84. The molecule has 0 atom stereocenters. The number of likely N-dealkylation sites (tertiary alicyclic amines) is 1. The van der Waals surface area contributed by atoms with Gasteiger partial charge in [-0.05, 0) is 24.7 Å². The molecule has 2 heteroatoms. The van der Waals surface area contributed by atoms with E-state index in [-0.39, 0.29) is 0 Å². The van der Waals surface area contributed by atoms with Gasteiger partial charge in [-0.2, -0.15) is 0 Å². The van der Waals surface area contributed by atoms with Crippen molar-refractivity contribution in [3.63, 3.8) is 0 Å². The van der Waals surface area contributed by atoms with E-state index < -0.39 is 0 Å². The minimum Gasteiger partial charge on any atom is -0.343 e. The van der Waals surface area contributed by atoms with Gasteiger partial charge in [0.15, 0.2) is 0 Å². The van der Waals surface area contributed by atoms with Gasteiger partial charge in [-0.1, -0.05) is 34.6 Å². The van der Waals surface area contributed by atoms with E-state index in [2.05, 4.69) is 27.7 Å². The van der Waals surface area contributed by atoms with Crippen molar-refractivity contribution < 1.29 is 4.79 Å². The quantitative estimate of drug-likeness (QED) is 0.688. The summed E-state index contributed by atoms with van der Waals surface area (Å²) in [7, 11) is 0. The third kappa shape index (κ3) is 9.77. The van der Waals surface area contributed by atoms with E-state index in [4.69, 9.17) is 0 Å². The molecule has 1 amide bonds. The summed E-state index contributed by atoms with van der Waals surface area (Å²) in [5.74, 6) is 0.347. The molecule has 1 saturated heterocycles. The molecule has 1 heterocycles. The molecule has 0 aromatic carbocycles. The molecule has 0 aliphatic carbocycles. The van der Waals surface area contributed by atoms with Gasteiger partial charge in [0.05, 0.1) is 0 Å². The Labute approximate surface area is 95.0 Å². The third-order valence-corrected chi connectivity index (χ3v) is 1.92. The van der Waals surface area contributed by atoms with Gasteiger partial charge in [-0.15, -0.1) is 0 Å². The van der Waals surface area contributed by atoms with Gasteiger partial charge in [0.1, 0.15) is 0 Å². The van der Waals surface area contributed by atoms with Crippen molar-refractivity contribution in [1.29, 1.82) is 0 Å². The summed E-state index contributed by atoms with van der Waals surface area (Å²) in [6.45, 7) is 12.8. The first kappa shape index (κ1) is 14.5. The maximum atomic E-state index is 11.2. The van der Waals surface area contributed by atoms with Crippen LogP contribution in [-0.4, -0.2) is 23.9 Å². The predicted octanol–water partition coefficient (Wildman–Crippen LogP) is 3.46. The Kier molecular flexibility index (Phi) is 6.62. The van der Waals surface area contributed by atoms with Gasteiger partial charge in [0.25, 0.3) is 0 Å². The first-order chi connectivity index (χ1) is 6.84. The molecule has 1 fully saturated rings. The molecule has 0 spiro atoms. The largest absolute Gasteiger partial charge is 0.343 e. The summed E-state index contributed by atoms with van der Waals surface area (Å²) in [5, 5.41) is 0. The zero-order valence-corrected chi connectivity index (χ0v) is 11.1. The second kappa shape index (κ2) is 6.86. The molecule has 0 radical (unpaired) electrons. The highest BCUT2D eigenvalue weighted by molar-refractivity contribution is 5.76. The second-order valence-corrected chi connectivity index (χ2v) is 5.84. The van der Waals surface area contributed by atoms with Crippen molar-refractivity contribution in [2.45, 2.75) is 60.3 Å². The normalized spacial score (nSPS) is 15.9. The van der Waals surface area contributed by atoms with Crippen LogP contribution in [0.2, 0.25) is 0 Å². The minimum atomic E-state index is 0.347. The van der Waals surface area contributed by atoms with Crippen LogP contribution >= 0.6 is 0 Å². The van der Waals surface area contributed by atoms with Gasteiger partial charge in [0, 0.05) is 19.5 Å². The Bertz CT molecular complexity index is 169. The van der Waals surface area contributed by atoms with Crippen molar-refractivity contribution in [1.82, 2.24) is 4.90 Å². The molecule has 90 valence electrons. The molecule has 1 aliphatic rings. The minimum absolute atomic E-state index is 0.347. The average Bonchev–Trinajstić information content (AvgIpc) is 2.52. The maximum Gasteiger partial charge on any atom is 0.222 e. The number of hydrogen-bond acceptors (Lipinski definition) is 1. The van der Waals surface area contributed by atoms with E-state index in [0.29, 0.717) is 11.3 Å². The summed E-state index contributed by atoms with van der Waals surface area (Å²) >= 11 is 0. The topological polar surface area (TPSA) is 20.3 Å². The highest BCUT2D eigenvalue weighted by Gasteiger charge is 2.15. The summed E-state index contributed by atoms with van der Waals surface area (Å²) < 4.78 is 0. The SMILES string of the molecule is CC(C)(C)C.CCCC(=O)N1CCCC1. The van der Waals surface area contributed by atoms with E-state index in [1.807, 2.05) is 11.8 Å². The fourth-order valence-corrected chi connectivity index (χ4v) is 1.34. The van der Waals surface area contributed by atoms with Crippen LogP contribution in [0.1, 0.15) is 60.3 Å². The third-order valence-electron chi connectivity index (χ3n) is 1.92. The van der Waals surface area contributed by atoms with Crippen LogP contribution in [0.3, 0.4) is 0 Å². The number of amides is 1. The molecular formula is C13H27NO. The van der Waals surface area contributed by atoms with Crippen LogP contribution in [0.25, 0.3) is 0 Å². The molecule has 0 aromatic heterocycles. The molecule has 2 nitrogen and oxygen atoms in total. The average molecular weight is 213 g/mol. The van der Waals surface area contributed by atoms with Crippen LogP contribution in [-0.2, 0) is 4.79 Å². The van der Waals surface area contributed by atoms with E-state index in [1.54, 1.807) is 0 Å². The summed E-state index contributed by atoms with van der Waals surface area (Å²) in [6.07, 6.45) is 4.13. The van der Waals surface area contributed by atoms with Crippen LogP contribution in [0, 0.1) is 5.41 Å². The zero-order chi connectivity index (χ0) is 11.9. The number of nitrogens with zero attached hydrogens (tertiary/aromatic N) is 1. The fraction of sp³-hybridized carbons (Fsp3) is 0.923. The predicted molar refractivity (Wildman–Crippen MR) is 65.9 cm³/mol. The molecule has 0 bridgehead atoms. The Morgan fingerprint density at radius 1 is 1.13 bits per heavy atom. The lowest BCUT2D eigenvalue weighted by Gasteiger charge is -2.13. The van der Waals surface area contributed by atoms with Crippen LogP contribution < -0.4 is 0 Å². The van der Waals surface area contributed by atoms with Gasteiger partial charge in [-0.25, -0.2) is 0 Å². The van der Waals surface area contributed by atoms with Crippen LogP contribution in [0.5, 0.6) is 0 Å². The van der Waals surface area contributed by atoms with Crippen molar-refractivity contribution in [3.8, 4) is 0 Å². The Morgan fingerprint density at radius 2 is 1.53 bits per heavy atom. The van der Waals surface area contributed by atoms with Crippen molar-refractivity contribution in [2.24, 2.45) is 5.41 Å². The Hall–Kier alpha value is -0.530. The van der Waals surface area contributed by atoms with E-state index in [1.165, 1.54) is 12.8 Å². The van der Waals surface area contributed by atoms with Crippen molar-refractivity contribution in [3.05, 3.63) is 0 Å². The summed E-state index contributed by atoms with van der Waals surface area (Å²) in [5.41, 5.74) is 0.500. The number of rotatable bonds is 2. The van der Waals surface area contributed by atoms with Gasteiger partial charge in [0.2, 0.25) is 5.91 Å². The smallest absolute Gasteiger partial charge is 0.222 e. The van der Waals surface area contributed by atoms with Crippen LogP contribution in [0.4, 0.5) is 0 Å². The van der Waals surface area contributed by atoms with E-state index >= 15 is 0 Å². The Balaban J connectivity index is 0.000000336. The van der Waals surface area contributed by atoms with Gasteiger partial charge < -0.3 is 4.90 Å². The number of carbonyl (C=O) groups is 1. The van der Waals surface area contributed by atoms with Gasteiger partial charge in [-0.3, -0.25) is 4.79 Å². The van der Waals surface area contributed by atoms with E-state index in [0.717, 1.165) is 25.9 Å². The standard InChI is InChI=1S/C8H15NO.C5H12/c1-2-5-8(10)9-6-3-4-7-9;1-5(2,3)4/h2-7H2,1H3;1-4H3. The molecular weight excluding hydrogens is 186 g/mol. The maximum absolute atomic E-state index is 11.2. The molecule has 0 saturated carbocycles. The number of carbonyl (C=O) groups excluding carboxylic acids is 1. The highest BCUT2D eigenvalue weighted by atomic mass is 16.2. The highest BCUT2D eigenvalue weighted by Crippen LogP contribution is 2.09. The molecule has 1 rings (SSSR count). The summed E-state index contributed by atoms with van der Waals surface area (Å²) in [6, 6.07) is 0. The fourth-order valence-electron chi connectivity index (χ4n) is 1.34. The van der Waals surface area contributed by atoms with Gasteiger partial charge >= 0.3 is 0 Å². The van der Waals surface area contributed by atoms with E-state index in [9.17, 15) is 4.79 Å². The monoisotopic (exact) mass is 213 g/mol. The van der Waals surface area contributed by atoms with Crippen LogP contribution in [0.15, 0.2) is 0 Å². The zero-order valence-electron chi connectivity index (χ0n) is 11.1. The first-order valence-electron chi connectivity index (χ1n) is 6.12. The lowest BCUT2D eigenvalue weighted by molar-refractivity contribution is -0.130. The molecule has 0 unspecified atom stereocenters. The molecule has 0 aromatic rings. The molecule has 0 N–H and O–H groups in total.